The molecule has 0 saturated carbocycles. The Hall–Kier alpha value is -7.36. The van der Waals surface area contributed by atoms with Crippen molar-refractivity contribution in [3.63, 3.8) is 0 Å². The van der Waals surface area contributed by atoms with Crippen LogP contribution in [0.15, 0.2) is 199 Å². The van der Waals surface area contributed by atoms with Gasteiger partial charge in [-0.25, -0.2) is 9.97 Å². The van der Waals surface area contributed by atoms with Crippen LogP contribution >= 0.6 is 0 Å². The fourth-order valence-corrected chi connectivity index (χ4v) is 9.58. The molecule has 56 heavy (non-hydrogen) atoms. The summed E-state index contributed by atoms with van der Waals surface area (Å²) in [5.41, 5.74) is 18.1. The van der Waals surface area contributed by atoms with Crippen LogP contribution in [0.3, 0.4) is 0 Å². The van der Waals surface area contributed by atoms with Crippen LogP contribution < -0.4 is 0 Å². The molecule has 0 fully saturated rings. The maximum atomic E-state index is 6.84. The predicted octanol–water partition coefficient (Wildman–Crippen LogP) is 13.4. The minimum absolute atomic E-state index is 0.681. The highest BCUT2D eigenvalue weighted by Crippen LogP contribution is 2.63. The molecule has 0 aliphatic heterocycles. The summed E-state index contributed by atoms with van der Waals surface area (Å²) in [7, 11) is 0. The molecule has 3 nitrogen and oxygen atoms in total. The van der Waals surface area contributed by atoms with Gasteiger partial charge in [-0.1, -0.05) is 176 Å². The van der Waals surface area contributed by atoms with E-state index < -0.39 is 5.41 Å². The monoisotopic (exact) mass is 712 g/mol. The van der Waals surface area contributed by atoms with Gasteiger partial charge in [0.15, 0.2) is 5.82 Å². The highest BCUT2D eigenvalue weighted by molar-refractivity contribution is 6.13. The summed E-state index contributed by atoms with van der Waals surface area (Å²) in [6.07, 6.45) is 0. The van der Waals surface area contributed by atoms with E-state index in [9.17, 15) is 0 Å². The molecule has 1 atom stereocenters. The second-order valence-electron chi connectivity index (χ2n) is 14.8. The molecule has 8 aromatic carbocycles. The molecule has 2 aliphatic rings. The maximum absolute atomic E-state index is 6.84. The molecule has 0 saturated heterocycles. The van der Waals surface area contributed by atoms with E-state index in [1.807, 2.05) is 12.1 Å². The largest absolute Gasteiger partial charge is 0.455 e. The van der Waals surface area contributed by atoms with E-state index in [2.05, 4.69) is 182 Å². The molecule has 12 rings (SSSR count). The van der Waals surface area contributed by atoms with Crippen LogP contribution in [0.25, 0.3) is 89.2 Å². The normalized spacial score (nSPS) is 14.9. The second-order valence-corrected chi connectivity index (χ2v) is 14.8. The van der Waals surface area contributed by atoms with Crippen molar-refractivity contribution >= 4 is 21.9 Å². The number of furan rings is 1. The van der Waals surface area contributed by atoms with Gasteiger partial charge in [0, 0.05) is 33.0 Å². The summed E-state index contributed by atoms with van der Waals surface area (Å²) in [6.45, 7) is 0. The molecule has 3 heteroatoms. The number of benzene rings is 8. The lowest BCUT2D eigenvalue weighted by Crippen LogP contribution is -2.29. The Labute approximate surface area is 324 Å². The molecular weight excluding hydrogens is 681 g/mol. The van der Waals surface area contributed by atoms with Gasteiger partial charge in [-0.3, -0.25) is 0 Å². The molecule has 1 unspecified atom stereocenters. The third-order valence-electron chi connectivity index (χ3n) is 11.9. The number of hydrogen-bond acceptors (Lipinski definition) is 3. The number of rotatable bonds is 3. The first-order valence-corrected chi connectivity index (χ1v) is 19.2. The van der Waals surface area contributed by atoms with Gasteiger partial charge in [0.05, 0.1) is 16.8 Å². The number of para-hydroxylation sites is 1. The highest BCUT2D eigenvalue weighted by Gasteiger charge is 2.50. The fraction of sp³-hybridized carbons (Fsp3) is 0.0189. The van der Waals surface area contributed by atoms with E-state index in [1.165, 1.54) is 50.1 Å². The van der Waals surface area contributed by atoms with Gasteiger partial charge in [0.25, 0.3) is 0 Å². The lowest BCUT2D eigenvalue weighted by atomic mass is 9.65. The SMILES string of the molecule is c1ccc(-c2cc(-c3ccccc3)nc(-c3ccc4c(c3)C3(c5ccccc5-c5ccccc5-4)c4ccccc4-c4c3ccc3c4oc4ccccc43)n2)cc1. The molecule has 0 N–H and O–H groups in total. The van der Waals surface area contributed by atoms with E-state index in [0.717, 1.165) is 55.6 Å². The number of hydrogen-bond donors (Lipinski definition) is 0. The second kappa shape index (κ2) is 11.8. The standard InChI is InChI=1S/C53H32N2O/c1-3-15-33(16-4-1)47-32-48(34-17-5-2-6-18-34)55-52(54-47)35-27-28-39-37-20-8-7-19-36(37)38-21-9-12-24-43(38)53(46(39)31-35)44-25-13-10-23-42(44)50-45(53)30-29-41-40-22-11-14-26-49(40)56-51(41)50/h1-32H. The summed E-state index contributed by atoms with van der Waals surface area (Å²) in [6, 6.07) is 69.6. The third-order valence-corrected chi connectivity index (χ3v) is 11.9. The highest BCUT2D eigenvalue weighted by atomic mass is 16.3. The van der Waals surface area contributed by atoms with Gasteiger partial charge in [-0.2, -0.15) is 0 Å². The van der Waals surface area contributed by atoms with E-state index in [0.29, 0.717) is 5.82 Å². The van der Waals surface area contributed by atoms with E-state index in [-0.39, 0.29) is 0 Å². The van der Waals surface area contributed by atoms with Crippen molar-refractivity contribution in [2.75, 3.05) is 0 Å². The van der Waals surface area contributed by atoms with Gasteiger partial charge in [0.1, 0.15) is 11.2 Å². The zero-order valence-electron chi connectivity index (χ0n) is 30.3. The smallest absolute Gasteiger partial charge is 0.160 e. The van der Waals surface area contributed by atoms with Gasteiger partial charge >= 0.3 is 0 Å². The van der Waals surface area contributed by atoms with Crippen molar-refractivity contribution in [3.05, 3.63) is 216 Å². The Morgan fingerprint density at radius 1 is 0.357 bits per heavy atom. The quantitative estimate of drug-likeness (QED) is 0.183. The van der Waals surface area contributed by atoms with Crippen molar-refractivity contribution in [1.82, 2.24) is 9.97 Å². The Bertz CT molecular complexity index is 3140. The van der Waals surface area contributed by atoms with Crippen molar-refractivity contribution in [2.24, 2.45) is 0 Å². The first-order valence-electron chi connectivity index (χ1n) is 19.2. The zero-order valence-corrected chi connectivity index (χ0v) is 30.3. The lowest BCUT2D eigenvalue weighted by molar-refractivity contribution is 0.669. The Balaban J connectivity index is 1.22. The van der Waals surface area contributed by atoms with Crippen molar-refractivity contribution in [3.8, 4) is 67.3 Å². The molecule has 260 valence electrons. The lowest BCUT2D eigenvalue weighted by Gasteiger charge is -2.35. The maximum Gasteiger partial charge on any atom is 0.160 e. The van der Waals surface area contributed by atoms with Gasteiger partial charge in [0.2, 0.25) is 0 Å². The summed E-state index contributed by atoms with van der Waals surface area (Å²) >= 11 is 0. The third kappa shape index (κ3) is 4.28. The minimum atomic E-state index is -0.681. The summed E-state index contributed by atoms with van der Waals surface area (Å²) in [4.78, 5) is 10.6. The molecule has 0 amide bonds. The van der Waals surface area contributed by atoms with Crippen LogP contribution in [0.1, 0.15) is 22.3 Å². The molecule has 2 heterocycles. The van der Waals surface area contributed by atoms with Crippen molar-refractivity contribution < 1.29 is 4.42 Å². The molecule has 2 aromatic heterocycles. The molecule has 0 radical (unpaired) electrons. The topological polar surface area (TPSA) is 38.9 Å². The van der Waals surface area contributed by atoms with Crippen LogP contribution in [0.5, 0.6) is 0 Å². The van der Waals surface area contributed by atoms with Crippen LogP contribution in [-0.2, 0) is 5.41 Å². The van der Waals surface area contributed by atoms with Crippen LogP contribution in [-0.4, -0.2) is 9.97 Å². The Kier molecular flexibility index (Phi) is 6.55. The summed E-state index contributed by atoms with van der Waals surface area (Å²) < 4.78 is 6.84. The van der Waals surface area contributed by atoms with Crippen LogP contribution in [0.4, 0.5) is 0 Å². The zero-order chi connectivity index (χ0) is 36.8. The summed E-state index contributed by atoms with van der Waals surface area (Å²) in [5.74, 6) is 0.688. The average molecular weight is 713 g/mol. The minimum Gasteiger partial charge on any atom is -0.455 e. The number of fused-ring (bicyclic) bond motifs is 16. The van der Waals surface area contributed by atoms with E-state index >= 15 is 0 Å². The van der Waals surface area contributed by atoms with Crippen LogP contribution in [0.2, 0.25) is 0 Å². The van der Waals surface area contributed by atoms with Crippen molar-refractivity contribution in [1.29, 1.82) is 0 Å². The molecule has 0 bridgehead atoms. The molecule has 10 aromatic rings. The Morgan fingerprint density at radius 2 is 0.911 bits per heavy atom. The predicted molar refractivity (Wildman–Crippen MR) is 227 cm³/mol. The van der Waals surface area contributed by atoms with Gasteiger partial charge < -0.3 is 4.42 Å². The van der Waals surface area contributed by atoms with Gasteiger partial charge in [-0.15, -0.1) is 0 Å². The summed E-state index contributed by atoms with van der Waals surface area (Å²) in [5, 5.41) is 2.26. The van der Waals surface area contributed by atoms with Crippen LogP contribution in [0, 0.1) is 0 Å². The fourth-order valence-electron chi connectivity index (χ4n) is 9.58. The van der Waals surface area contributed by atoms with E-state index in [4.69, 9.17) is 14.4 Å². The van der Waals surface area contributed by atoms with Gasteiger partial charge in [-0.05, 0) is 68.3 Å². The first kappa shape index (κ1) is 31.0. The number of aromatic nitrogens is 2. The first-order chi connectivity index (χ1) is 27.8. The average Bonchev–Trinajstić information content (AvgIpc) is 3.77. The number of nitrogens with zero attached hydrogens (tertiary/aromatic N) is 2. The van der Waals surface area contributed by atoms with E-state index in [1.54, 1.807) is 0 Å². The molecule has 2 aliphatic carbocycles. The Morgan fingerprint density at radius 3 is 1.61 bits per heavy atom. The van der Waals surface area contributed by atoms with Crippen molar-refractivity contribution in [2.45, 2.75) is 5.41 Å². The molecule has 1 spiro atoms. The molecular formula is C53H32N2O.